The first kappa shape index (κ1) is 13.4. The van der Waals surface area contributed by atoms with Crippen LogP contribution < -0.4 is 5.73 Å². The van der Waals surface area contributed by atoms with E-state index < -0.39 is 0 Å². The number of H-pyrrole nitrogens is 1. The molecule has 106 valence electrons. The van der Waals surface area contributed by atoms with Crippen molar-refractivity contribution in [2.45, 2.75) is 51.5 Å². The number of hydrogen-bond acceptors (Lipinski definition) is 2. The van der Waals surface area contributed by atoms with E-state index in [1.165, 1.54) is 16.8 Å². The van der Waals surface area contributed by atoms with Crippen LogP contribution >= 0.6 is 0 Å². The molecule has 1 heterocycles. The van der Waals surface area contributed by atoms with Crippen molar-refractivity contribution in [3.05, 3.63) is 41.3 Å². The van der Waals surface area contributed by atoms with E-state index in [0.29, 0.717) is 12.0 Å². The Labute approximate surface area is 120 Å². The molecule has 1 fully saturated rings. The number of hydrogen-bond donors (Lipinski definition) is 2. The second-order valence-electron chi connectivity index (χ2n) is 6.08. The summed E-state index contributed by atoms with van der Waals surface area (Å²) in [4.78, 5) is 8.37. The summed E-state index contributed by atoms with van der Waals surface area (Å²) < 4.78 is 0. The molecule has 0 bridgehead atoms. The fraction of sp³-hybridized carbons (Fsp3) is 0.471. The summed E-state index contributed by atoms with van der Waals surface area (Å²) in [6.45, 7) is 4.23. The molecule has 20 heavy (non-hydrogen) atoms. The molecule has 0 aliphatic heterocycles. The molecule has 3 rings (SSSR count). The molecule has 1 aromatic heterocycles. The first-order valence-electron chi connectivity index (χ1n) is 7.52. The average molecular weight is 269 g/mol. The van der Waals surface area contributed by atoms with Crippen molar-refractivity contribution < 1.29 is 0 Å². The van der Waals surface area contributed by atoms with Gasteiger partial charge in [-0.15, -0.1) is 0 Å². The van der Waals surface area contributed by atoms with Gasteiger partial charge in [0, 0.05) is 23.2 Å². The number of rotatable bonds is 2. The Bertz CT molecular complexity index is 592. The standard InChI is InChI=1S/C17H23N3/c1-11-4-3-5-14(10-11)16-12(2)19-17(20-16)13-6-8-15(18)9-7-13/h3-5,10,13,15H,6-9,18H2,1-2H3,(H,19,20). The van der Waals surface area contributed by atoms with E-state index in [-0.39, 0.29) is 0 Å². The van der Waals surface area contributed by atoms with Crippen molar-refractivity contribution in [2.24, 2.45) is 5.73 Å². The minimum atomic E-state index is 0.388. The van der Waals surface area contributed by atoms with Crippen LogP contribution in [0.3, 0.4) is 0 Å². The highest BCUT2D eigenvalue weighted by molar-refractivity contribution is 5.62. The fourth-order valence-corrected chi connectivity index (χ4v) is 3.14. The van der Waals surface area contributed by atoms with E-state index in [4.69, 9.17) is 10.7 Å². The Morgan fingerprint density at radius 1 is 1.15 bits per heavy atom. The van der Waals surface area contributed by atoms with Crippen molar-refractivity contribution >= 4 is 0 Å². The maximum atomic E-state index is 5.99. The number of aromatic amines is 1. The lowest BCUT2D eigenvalue weighted by Gasteiger charge is -2.24. The smallest absolute Gasteiger partial charge is 0.110 e. The van der Waals surface area contributed by atoms with Crippen LogP contribution in [0.15, 0.2) is 24.3 Å². The second-order valence-corrected chi connectivity index (χ2v) is 6.08. The highest BCUT2D eigenvalue weighted by Crippen LogP contribution is 2.33. The van der Waals surface area contributed by atoms with Crippen molar-refractivity contribution in [1.29, 1.82) is 0 Å². The van der Waals surface area contributed by atoms with Gasteiger partial charge in [0.25, 0.3) is 0 Å². The van der Waals surface area contributed by atoms with Crippen LogP contribution in [0.5, 0.6) is 0 Å². The molecule has 0 unspecified atom stereocenters. The monoisotopic (exact) mass is 269 g/mol. The summed E-state index contributed by atoms with van der Waals surface area (Å²) in [5.41, 5.74) is 10.7. The molecule has 0 radical (unpaired) electrons. The van der Waals surface area contributed by atoms with E-state index in [1.807, 2.05) is 0 Å². The van der Waals surface area contributed by atoms with E-state index in [0.717, 1.165) is 37.2 Å². The molecule has 1 aromatic carbocycles. The summed E-state index contributed by atoms with van der Waals surface area (Å²) in [6.07, 6.45) is 4.54. The van der Waals surface area contributed by atoms with Gasteiger partial charge in [-0.2, -0.15) is 0 Å². The third kappa shape index (κ3) is 2.63. The molecule has 1 aliphatic carbocycles. The van der Waals surface area contributed by atoms with Gasteiger partial charge in [-0.3, -0.25) is 0 Å². The SMILES string of the molecule is Cc1cccc(-c2nc(C3CCC(N)CC3)[nH]c2C)c1. The van der Waals surface area contributed by atoms with Gasteiger partial charge in [-0.05, 0) is 45.6 Å². The lowest BCUT2D eigenvalue weighted by molar-refractivity contribution is 0.386. The molecule has 3 heteroatoms. The van der Waals surface area contributed by atoms with Crippen LogP contribution in [-0.2, 0) is 0 Å². The van der Waals surface area contributed by atoms with Crippen LogP contribution in [0, 0.1) is 13.8 Å². The predicted molar refractivity (Wildman–Crippen MR) is 82.7 cm³/mol. The molecule has 1 saturated carbocycles. The molecule has 3 N–H and O–H groups in total. The number of nitrogens with zero attached hydrogens (tertiary/aromatic N) is 1. The normalized spacial score (nSPS) is 22.9. The van der Waals surface area contributed by atoms with Crippen LogP contribution in [0.1, 0.15) is 48.7 Å². The van der Waals surface area contributed by atoms with E-state index in [9.17, 15) is 0 Å². The van der Waals surface area contributed by atoms with Gasteiger partial charge in [-0.25, -0.2) is 4.98 Å². The summed E-state index contributed by atoms with van der Waals surface area (Å²) in [5.74, 6) is 1.69. The summed E-state index contributed by atoms with van der Waals surface area (Å²) in [7, 11) is 0. The molecule has 0 amide bonds. The highest BCUT2D eigenvalue weighted by atomic mass is 14.9. The number of nitrogens with two attached hydrogens (primary N) is 1. The average Bonchev–Trinajstić information content (AvgIpc) is 2.82. The third-order valence-corrected chi connectivity index (χ3v) is 4.35. The molecule has 1 aliphatic rings. The number of aromatic nitrogens is 2. The zero-order valence-corrected chi connectivity index (χ0v) is 12.3. The maximum Gasteiger partial charge on any atom is 0.110 e. The van der Waals surface area contributed by atoms with Crippen molar-refractivity contribution in [3.63, 3.8) is 0 Å². The van der Waals surface area contributed by atoms with Gasteiger partial charge in [0.15, 0.2) is 0 Å². The van der Waals surface area contributed by atoms with E-state index in [2.05, 4.69) is 43.1 Å². The zero-order chi connectivity index (χ0) is 14.1. The van der Waals surface area contributed by atoms with Gasteiger partial charge >= 0.3 is 0 Å². The zero-order valence-electron chi connectivity index (χ0n) is 12.3. The summed E-state index contributed by atoms with van der Waals surface area (Å²) >= 11 is 0. The van der Waals surface area contributed by atoms with Crippen molar-refractivity contribution in [1.82, 2.24) is 9.97 Å². The Balaban J connectivity index is 1.87. The quantitative estimate of drug-likeness (QED) is 0.873. The van der Waals surface area contributed by atoms with Crippen LogP contribution in [-0.4, -0.2) is 16.0 Å². The number of nitrogens with one attached hydrogen (secondary N) is 1. The Kier molecular flexibility index (Phi) is 3.62. The molecular weight excluding hydrogens is 246 g/mol. The topological polar surface area (TPSA) is 54.7 Å². The largest absolute Gasteiger partial charge is 0.345 e. The lowest BCUT2D eigenvalue weighted by atomic mass is 9.86. The minimum absolute atomic E-state index is 0.388. The van der Waals surface area contributed by atoms with Gasteiger partial charge < -0.3 is 10.7 Å². The maximum absolute atomic E-state index is 5.99. The number of imidazole rings is 1. The fourth-order valence-electron chi connectivity index (χ4n) is 3.14. The van der Waals surface area contributed by atoms with Gasteiger partial charge in [0.05, 0.1) is 5.69 Å². The molecular formula is C17H23N3. The Morgan fingerprint density at radius 2 is 1.90 bits per heavy atom. The van der Waals surface area contributed by atoms with Crippen LogP contribution in [0.4, 0.5) is 0 Å². The Hall–Kier alpha value is -1.61. The van der Waals surface area contributed by atoms with Gasteiger partial charge in [0.2, 0.25) is 0 Å². The molecule has 0 spiro atoms. The molecule has 0 atom stereocenters. The van der Waals surface area contributed by atoms with Crippen LogP contribution in [0.2, 0.25) is 0 Å². The molecule has 0 saturated heterocycles. The van der Waals surface area contributed by atoms with E-state index >= 15 is 0 Å². The third-order valence-electron chi connectivity index (χ3n) is 4.35. The first-order valence-corrected chi connectivity index (χ1v) is 7.52. The van der Waals surface area contributed by atoms with Crippen molar-refractivity contribution in [3.8, 4) is 11.3 Å². The minimum Gasteiger partial charge on any atom is -0.345 e. The van der Waals surface area contributed by atoms with Crippen molar-refractivity contribution in [2.75, 3.05) is 0 Å². The number of benzene rings is 1. The number of aryl methyl sites for hydroxylation is 2. The highest BCUT2D eigenvalue weighted by Gasteiger charge is 2.23. The summed E-state index contributed by atoms with van der Waals surface area (Å²) in [6, 6.07) is 8.94. The first-order chi connectivity index (χ1) is 9.63. The molecule has 3 nitrogen and oxygen atoms in total. The van der Waals surface area contributed by atoms with E-state index in [1.54, 1.807) is 0 Å². The molecule has 2 aromatic rings. The Morgan fingerprint density at radius 3 is 2.60 bits per heavy atom. The van der Waals surface area contributed by atoms with Gasteiger partial charge in [-0.1, -0.05) is 23.8 Å². The van der Waals surface area contributed by atoms with Crippen LogP contribution in [0.25, 0.3) is 11.3 Å². The predicted octanol–water partition coefficient (Wildman–Crippen LogP) is 3.68. The van der Waals surface area contributed by atoms with Gasteiger partial charge in [0.1, 0.15) is 5.82 Å². The second kappa shape index (κ2) is 5.41. The summed E-state index contributed by atoms with van der Waals surface area (Å²) in [5, 5.41) is 0. The lowest BCUT2D eigenvalue weighted by Crippen LogP contribution is -2.26.